The van der Waals surface area contributed by atoms with E-state index in [1.807, 2.05) is 0 Å². The van der Waals surface area contributed by atoms with Gasteiger partial charge in [-0.25, -0.2) is 9.78 Å². The second kappa shape index (κ2) is 18.4. The maximum atomic E-state index is 12.7. The van der Waals surface area contributed by atoms with Gasteiger partial charge in [0.1, 0.15) is 0 Å². The average Bonchev–Trinajstić information content (AvgIpc) is 3.28. The van der Waals surface area contributed by atoms with Crippen LogP contribution in [0.25, 0.3) is 11.2 Å². The molecule has 7 heteroatoms. The van der Waals surface area contributed by atoms with Crippen molar-refractivity contribution >= 4 is 11.2 Å². The van der Waals surface area contributed by atoms with Crippen molar-refractivity contribution in [2.24, 2.45) is 14.1 Å². The fourth-order valence-corrected chi connectivity index (χ4v) is 5.32. The maximum absolute atomic E-state index is 12.7. The van der Waals surface area contributed by atoms with Crippen LogP contribution in [0, 0.1) is 0 Å². The summed E-state index contributed by atoms with van der Waals surface area (Å²) in [6.07, 6.45) is 25.8. The van der Waals surface area contributed by atoms with Crippen molar-refractivity contribution in [2.45, 2.75) is 148 Å². The Bertz CT molecular complexity index is 991. The molecule has 0 fully saturated rings. The van der Waals surface area contributed by atoms with Gasteiger partial charge < -0.3 is 9.67 Å². The van der Waals surface area contributed by atoms with Crippen molar-refractivity contribution < 1.29 is 5.11 Å². The highest BCUT2D eigenvalue weighted by atomic mass is 16.3. The van der Waals surface area contributed by atoms with Crippen LogP contribution < -0.4 is 11.2 Å². The third-order valence-electron chi connectivity index (χ3n) is 7.76. The number of rotatable bonds is 22. The highest BCUT2D eigenvalue weighted by molar-refractivity contribution is 5.69. The Morgan fingerprint density at radius 2 is 1.19 bits per heavy atom. The van der Waals surface area contributed by atoms with Crippen molar-refractivity contribution in [1.29, 1.82) is 0 Å². The Balaban J connectivity index is 1.43. The van der Waals surface area contributed by atoms with Crippen LogP contribution in [0.5, 0.6) is 0 Å². The minimum Gasteiger partial charge on any atom is -0.393 e. The van der Waals surface area contributed by atoms with Crippen molar-refractivity contribution in [3.8, 4) is 0 Å². The van der Waals surface area contributed by atoms with E-state index < -0.39 is 0 Å². The normalized spacial score (nSPS) is 12.5. The number of unbranched alkanes of at least 4 members (excludes halogenated alkanes) is 16. The SMILES string of the molecule is CCCCCCCCCCCCCC(O)CCCCCCCCCn1c(=O)c2c(ncn2C)n(C)c1=O. The molecule has 2 aromatic heterocycles. The number of imidazole rings is 1. The lowest BCUT2D eigenvalue weighted by molar-refractivity contribution is 0.147. The summed E-state index contributed by atoms with van der Waals surface area (Å²) in [4.78, 5) is 29.4. The number of aliphatic hydroxyl groups is 1. The summed E-state index contributed by atoms with van der Waals surface area (Å²) in [6.45, 7) is 2.73. The molecule has 37 heavy (non-hydrogen) atoms. The minimum absolute atomic E-state index is 0.128. The first-order valence-corrected chi connectivity index (χ1v) is 15.3. The summed E-state index contributed by atoms with van der Waals surface area (Å²) >= 11 is 0. The molecule has 0 aromatic carbocycles. The first-order valence-electron chi connectivity index (χ1n) is 15.3. The number of hydrogen-bond donors (Lipinski definition) is 1. The van der Waals surface area contributed by atoms with Gasteiger partial charge in [-0.15, -0.1) is 0 Å². The largest absolute Gasteiger partial charge is 0.393 e. The summed E-state index contributed by atoms with van der Waals surface area (Å²) < 4.78 is 4.49. The molecule has 0 aliphatic carbocycles. The molecular weight excluding hydrogens is 464 g/mol. The zero-order valence-electron chi connectivity index (χ0n) is 24.1. The van der Waals surface area contributed by atoms with Gasteiger partial charge in [-0.05, 0) is 19.3 Å². The molecule has 0 aliphatic rings. The van der Waals surface area contributed by atoms with E-state index in [0.29, 0.717) is 17.7 Å². The molecule has 0 saturated heterocycles. The van der Waals surface area contributed by atoms with Crippen LogP contribution in [0.1, 0.15) is 135 Å². The van der Waals surface area contributed by atoms with Crippen LogP contribution in [-0.4, -0.2) is 29.9 Å². The molecule has 2 aromatic rings. The second-order valence-corrected chi connectivity index (χ2v) is 11.1. The van der Waals surface area contributed by atoms with Gasteiger partial charge in [0.2, 0.25) is 0 Å². The number of nitrogens with zero attached hydrogens (tertiary/aromatic N) is 4. The van der Waals surface area contributed by atoms with E-state index in [1.54, 1.807) is 25.0 Å². The predicted octanol–water partition coefficient (Wildman–Crippen LogP) is 6.62. The van der Waals surface area contributed by atoms with Crippen LogP contribution in [0.2, 0.25) is 0 Å². The van der Waals surface area contributed by atoms with E-state index in [9.17, 15) is 14.7 Å². The molecule has 0 radical (unpaired) electrons. The van der Waals surface area contributed by atoms with Crippen molar-refractivity contribution in [3.05, 3.63) is 27.2 Å². The highest BCUT2D eigenvalue weighted by Gasteiger charge is 2.14. The van der Waals surface area contributed by atoms with Crippen LogP contribution in [0.15, 0.2) is 15.9 Å². The first kappa shape index (κ1) is 31.3. The Kier molecular flexibility index (Phi) is 15.6. The quantitative estimate of drug-likeness (QED) is 0.178. The van der Waals surface area contributed by atoms with Crippen molar-refractivity contribution in [3.63, 3.8) is 0 Å². The Hall–Kier alpha value is -1.89. The monoisotopic (exact) mass is 518 g/mol. The van der Waals surface area contributed by atoms with Gasteiger partial charge >= 0.3 is 5.69 Å². The number of fused-ring (bicyclic) bond motifs is 1. The third kappa shape index (κ3) is 11.2. The molecular formula is C30H54N4O3. The maximum Gasteiger partial charge on any atom is 0.332 e. The molecule has 2 rings (SSSR count). The average molecular weight is 519 g/mol. The van der Waals surface area contributed by atoms with Crippen molar-refractivity contribution in [2.75, 3.05) is 0 Å². The molecule has 1 unspecified atom stereocenters. The number of aliphatic hydroxyl groups excluding tert-OH is 1. The third-order valence-corrected chi connectivity index (χ3v) is 7.76. The van der Waals surface area contributed by atoms with Crippen LogP contribution in [0.4, 0.5) is 0 Å². The first-order chi connectivity index (χ1) is 18.0. The van der Waals surface area contributed by atoms with Gasteiger partial charge in [0, 0.05) is 20.6 Å². The lowest BCUT2D eigenvalue weighted by Gasteiger charge is -2.10. The predicted molar refractivity (Wildman–Crippen MR) is 154 cm³/mol. The molecule has 212 valence electrons. The molecule has 0 saturated carbocycles. The summed E-state index contributed by atoms with van der Waals surface area (Å²) in [5.41, 5.74) is 0.387. The summed E-state index contributed by atoms with van der Waals surface area (Å²) in [5.74, 6) is 0. The van der Waals surface area contributed by atoms with Crippen LogP contribution in [0.3, 0.4) is 0 Å². The fraction of sp³-hybridized carbons (Fsp3) is 0.833. The lowest BCUT2D eigenvalue weighted by atomic mass is 10.0. The number of hydrogen-bond acceptors (Lipinski definition) is 4. The molecule has 1 N–H and O–H groups in total. The molecule has 0 spiro atoms. The zero-order valence-corrected chi connectivity index (χ0v) is 24.1. The molecule has 0 aliphatic heterocycles. The van der Waals surface area contributed by atoms with Gasteiger partial charge in [-0.2, -0.15) is 0 Å². The Morgan fingerprint density at radius 1 is 0.730 bits per heavy atom. The van der Waals surface area contributed by atoms with Crippen LogP contribution in [-0.2, 0) is 20.6 Å². The standard InChI is InChI=1S/C30H54N4O3/c1-4-5-6-7-8-9-10-11-13-16-19-22-26(35)23-20-17-14-12-15-18-21-24-34-29(36)27-28(31-25-32(27)2)33(3)30(34)37/h25-26,35H,4-24H2,1-3H3. The van der Waals surface area contributed by atoms with Gasteiger partial charge in [-0.1, -0.05) is 116 Å². The molecule has 0 bridgehead atoms. The Morgan fingerprint density at radius 3 is 1.70 bits per heavy atom. The van der Waals surface area contributed by atoms with E-state index in [1.165, 1.54) is 92.6 Å². The zero-order chi connectivity index (χ0) is 26.9. The van der Waals surface area contributed by atoms with Gasteiger partial charge in [0.25, 0.3) is 5.56 Å². The number of aromatic nitrogens is 4. The summed E-state index contributed by atoms with van der Waals surface area (Å²) in [5, 5.41) is 10.2. The molecule has 2 heterocycles. The molecule has 7 nitrogen and oxygen atoms in total. The highest BCUT2D eigenvalue weighted by Crippen LogP contribution is 2.15. The molecule has 0 amide bonds. The van der Waals surface area contributed by atoms with Gasteiger partial charge in [0.15, 0.2) is 11.2 Å². The van der Waals surface area contributed by atoms with Crippen molar-refractivity contribution in [1.82, 2.24) is 18.7 Å². The van der Waals surface area contributed by atoms with Crippen LogP contribution >= 0.6 is 0 Å². The smallest absolute Gasteiger partial charge is 0.332 e. The molecule has 1 atom stereocenters. The van der Waals surface area contributed by atoms with E-state index in [-0.39, 0.29) is 17.4 Å². The second-order valence-electron chi connectivity index (χ2n) is 11.1. The van der Waals surface area contributed by atoms with Gasteiger partial charge in [0.05, 0.1) is 12.4 Å². The van der Waals surface area contributed by atoms with E-state index >= 15 is 0 Å². The topological polar surface area (TPSA) is 82.1 Å². The Labute approximate surface area is 224 Å². The van der Waals surface area contributed by atoms with Gasteiger partial charge in [-0.3, -0.25) is 13.9 Å². The lowest BCUT2D eigenvalue weighted by Crippen LogP contribution is -2.39. The summed E-state index contributed by atoms with van der Waals surface area (Å²) in [6, 6.07) is 0. The number of aryl methyl sites for hydroxylation is 2. The minimum atomic E-state index is -0.289. The van der Waals surface area contributed by atoms with E-state index in [2.05, 4.69) is 11.9 Å². The summed E-state index contributed by atoms with van der Waals surface area (Å²) in [7, 11) is 3.45. The van der Waals surface area contributed by atoms with E-state index in [0.717, 1.165) is 44.9 Å². The fourth-order valence-electron chi connectivity index (χ4n) is 5.32. The van der Waals surface area contributed by atoms with E-state index in [4.69, 9.17) is 0 Å².